The van der Waals surface area contributed by atoms with Crippen LogP contribution < -0.4 is 20.9 Å². The van der Waals surface area contributed by atoms with Crippen LogP contribution in [-0.2, 0) is 4.79 Å². The van der Waals surface area contributed by atoms with E-state index in [0.717, 1.165) is 18.2 Å². The Balaban J connectivity index is 0.00000300. The molecule has 0 aliphatic carbocycles. The van der Waals surface area contributed by atoms with Gasteiger partial charge in [-0.25, -0.2) is 0 Å². The van der Waals surface area contributed by atoms with E-state index >= 15 is 0 Å². The summed E-state index contributed by atoms with van der Waals surface area (Å²) in [7, 11) is 3.86. The molecule has 6 nitrogen and oxygen atoms in total. The van der Waals surface area contributed by atoms with E-state index in [2.05, 4.69) is 58.0 Å². The SMILES string of the molecule is CN=C(NCC1CC(=O)Nc2ccccc21)NCC(C)N(C)c1ccccc1.I. The minimum Gasteiger partial charge on any atom is -0.370 e. The van der Waals surface area contributed by atoms with Gasteiger partial charge in [-0.1, -0.05) is 36.4 Å². The molecular formula is C22H30IN5O. The monoisotopic (exact) mass is 507 g/mol. The van der Waals surface area contributed by atoms with Gasteiger partial charge in [-0.3, -0.25) is 9.79 Å². The highest BCUT2D eigenvalue weighted by Gasteiger charge is 2.24. The van der Waals surface area contributed by atoms with Gasteiger partial charge in [0, 0.05) is 56.9 Å². The lowest BCUT2D eigenvalue weighted by molar-refractivity contribution is -0.116. The summed E-state index contributed by atoms with van der Waals surface area (Å²) in [5.41, 5.74) is 3.26. The highest BCUT2D eigenvalue weighted by atomic mass is 127. The number of anilines is 2. The first-order chi connectivity index (χ1) is 13.6. The molecule has 2 atom stereocenters. The number of halogens is 1. The van der Waals surface area contributed by atoms with Gasteiger partial charge < -0.3 is 20.9 Å². The molecule has 1 aliphatic heterocycles. The van der Waals surface area contributed by atoms with Gasteiger partial charge in [-0.15, -0.1) is 24.0 Å². The standard InChI is InChI=1S/C22H29N5O.HI/c1-16(27(3)18-9-5-4-6-10-18)14-24-22(23-2)25-15-17-13-21(28)26-20-12-8-7-11-19(17)20;/h4-12,16-17H,13-15H2,1-3H3,(H,26,28)(H2,23,24,25);1H. The molecule has 2 aromatic carbocycles. The Labute approximate surface area is 190 Å². The van der Waals surface area contributed by atoms with Gasteiger partial charge in [0.1, 0.15) is 0 Å². The van der Waals surface area contributed by atoms with Crippen LogP contribution in [0.5, 0.6) is 0 Å². The number of carbonyl (C=O) groups excluding carboxylic acids is 1. The number of fused-ring (bicyclic) bond motifs is 1. The van der Waals surface area contributed by atoms with Gasteiger partial charge in [-0.2, -0.15) is 0 Å². The van der Waals surface area contributed by atoms with Crippen molar-refractivity contribution in [3.05, 3.63) is 60.2 Å². The summed E-state index contributed by atoms with van der Waals surface area (Å²) in [5, 5.41) is 9.71. The van der Waals surface area contributed by atoms with Gasteiger partial charge in [-0.05, 0) is 30.7 Å². The van der Waals surface area contributed by atoms with Crippen molar-refractivity contribution in [1.82, 2.24) is 10.6 Å². The molecule has 0 bridgehead atoms. The van der Waals surface area contributed by atoms with Gasteiger partial charge in [0.2, 0.25) is 5.91 Å². The third-order valence-electron chi connectivity index (χ3n) is 5.24. The smallest absolute Gasteiger partial charge is 0.225 e. The van der Waals surface area contributed by atoms with Crippen LogP contribution in [0.3, 0.4) is 0 Å². The maximum atomic E-state index is 12.0. The Bertz CT molecular complexity index is 827. The number of guanidine groups is 1. The first kappa shape index (κ1) is 23.0. The predicted molar refractivity (Wildman–Crippen MR) is 132 cm³/mol. The van der Waals surface area contributed by atoms with Crippen molar-refractivity contribution in [3.63, 3.8) is 0 Å². The molecule has 0 radical (unpaired) electrons. The normalized spacial score (nSPS) is 16.7. The average Bonchev–Trinajstić information content (AvgIpc) is 2.73. The fourth-order valence-corrected chi connectivity index (χ4v) is 3.42. The summed E-state index contributed by atoms with van der Waals surface area (Å²) >= 11 is 0. The Hall–Kier alpha value is -2.29. The Morgan fingerprint density at radius 2 is 1.86 bits per heavy atom. The Morgan fingerprint density at radius 3 is 2.59 bits per heavy atom. The maximum absolute atomic E-state index is 12.0. The molecule has 1 heterocycles. The van der Waals surface area contributed by atoms with E-state index in [9.17, 15) is 4.79 Å². The lowest BCUT2D eigenvalue weighted by Gasteiger charge is -2.29. The molecule has 0 saturated carbocycles. The molecule has 7 heteroatoms. The molecule has 29 heavy (non-hydrogen) atoms. The first-order valence-corrected chi connectivity index (χ1v) is 9.69. The van der Waals surface area contributed by atoms with Crippen LogP contribution in [0.4, 0.5) is 11.4 Å². The quantitative estimate of drug-likeness (QED) is 0.319. The number of rotatable bonds is 6. The number of hydrogen-bond acceptors (Lipinski definition) is 3. The van der Waals surface area contributed by atoms with Crippen molar-refractivity contribution in [3.8, 4) is 0 Å². The number of benzene rings is 2. The second kappa shape index (κ2) is 11.0. The second-order valence-corrected chi connectivity index (χ2v) is 7.17. The molecule has 0 saturated heterocycles. The topological polar surface area (TPSA) is 68.8 Å². The van der Waals surface area contributed by atoms with Crippen molar-refractivity contribution in [1.29, 1.82) is 0 Å². The molecule has 2 unspecified atom stereocenters. The number of likely N-dealkylation sites (N-methyl/N-ethyl adjacent to an activating group) is 1. The van der Waals surface area contributed by atoms with Crippen LogP contribution in [0.25, 0.3) is 0 Å². The molecule has 0 aromatic heterocycles. The van der Waals surface area contributed by atoms with Crippen LogP contribution in [0.2, 0.25) is 0 Å². The van der Waals surface area contributed by atoms with Gasteiger partial charge >= 0.3 is 0 Å². The highest BCUT2D eigenvalue weighted by Crippen LogP contribution is 2.31. The Morgan fingerprint density at radius 1 is 1.17 bits per heavy atom. The molecule has 1 amide bonds. The summed E-state index contributed by atoms with van der Waals surface area (Å²) in [5.74, 6) is 0.941. The van der Waals surface area contributed by atoms with Crippen molar-refractivity contribution >= 4 is 47.2 Å². The Kier molecular flexibility index (Phi) is 8.75. The first-order valence-electron chi connectivity index (χ1n) is 9.69. The third-order valence-corrected chi connectivity index (χ3v) is 5.24. The van der Waals surface area contributed by atoms with Crippen molar-refractivity contribution in [2.75, 3.05) is 37.4 Å². The fourth-order valence-electron chi connectivity index (χ4n) is 3.42. The lowest BCUT2D eigenvalue weighted by Crippen LogP contribution is -2.46. The molecule has 0 spiro atoms. The molecular weight excluding hydrogens is 477 g/mol. The average molecular weight is 507 g/mol. The van der Waals surface area contributed by atoms with Crippen molar-refractivity contribution in [2.45, 2.75) is 25.3 Å². The maximum Gasteiger partial charge on any atom is 0.225 e. The summed E-state index contributed by atoms with van der Waals surface area (Å²) in [6.45, 7) is 3.59. The molecule has 0 fully saturated rings. The summed E-state index contributed by atoms with van der Waals surface area (Å²) in [6.07, 6.45) is 0.480. The van der Waals surface area contributed by atoms with E-state index in [0.29, 0.717) is 19.0 Å². The van der Waals surface area contributed by atoms with Gasteiger partial charge in [0.05, 0.1) is 0 Å². The molecule has 1 aliphatic rings. The second-order valence-electron chi connectivity index (χ2n) is 7.17. The van der Waals surface area contributed by atoms with Gasteiger partial charge in [0.25, 0.3) is 0 Å². The number of hydrogen-bond donors (Lipinski definition) is 3. The summed E-state index contributed by atoms with van der Waals surface area (Å²) < 4.78 is 0. The highest BCUT2D eigenvalue weighted by molar-refractivity contribution is 14.0. The van der Waals surface area contributed by atoms with Crippen LogP contribution in [0, 0.1) is 0 Å². The number of carbonyl (C=O) groups is 1. The number of aliphatic imine (C=N–C) groups is 1. The van der Waals surface area contributed by atoms with E-state index < -0.39 is 0 Å². The van der Waals surface area contributed by atoms with Crippen LogP contribution in [0.15, 0.2) is 59.6 Å². The van der Waals surface area contributed by atoms with Crippen LogP contribution in [-0.4, -0.2) is 45.1 Å². The van der Waals surface area contributed by atoms with Crippen LogP contribution >= 0.6 is 24.0 Å². The fraction of sp³-hybridized carbons (Fsp3) is 0.364. The van der Waals surface area contributed by atoms with E-state index in [1.54, 1.807) is 7.05 Å². The largest absolute Gasteiger partial charge is 0.370 e. The minimum atomic E-state index is 0. The molecule has 156 valence electrons. The number of nitrogens with zero attached hydrogens (tertiary/aromatic N) is 2. The molecule has 2 aromatic rings. The number of nitrogens with one attached hydrogen (secondary N) is 3. The van der Waals surface area contributed by atoms with Crippen LogP contribution in [0.1, 0.15) is 24.8 Å². The number of amides is 1. The van der Waals surface area contributed by atoms with E-state index in [4.69, 9.17) is 0 Å². The van der Waals surface area contributed by atoms with E-state index in [1.807, 2.05) is 36.4 Å². The van der Waals surface area contributed by atoms with Crippen molar-refractivity contribution in [2.24, 2.45) is 4.99 Å². The van der Waals surface area contributed by atoms with Gasteiger partial charge in [0.15, 0.2) is 5.96 Å². The third kappa shape index (κ3) is 6.09. The van der Waals surface area contributed by atoms with Crippen molar-refractivity contribution < 1.29 is 4.79 Å². The zero-order valence-corrected chi connectivity index (χ0v) is 19.5. The number of para-hydroxylation sites is 2. The molecule has 3 rings (SSSR count). The van der Waals surface area contributed by atoms with E-state index in [1.165, 1.54) is 11.3 Å². The summed E-state index contributed by atoms with van der Waals surface area (Å²) in [4.78, 5) is 18.5. The zero-order valence-electron chi connectivity index (χ0n) is 17.2. The predicted octanol–water partition coefficient (Wildman–Crippen LogP) is 3.42. The lowest BCUT2D eigenvalue weighted by atomic mass is 9.90. The van der Waals surface area contributed by atoms with E-state index in [-0.39, 0.29) is 35.8 Å². The molecule has 3 N–H and O–H groups in total. The zero-order chi connectivity index (χ0) is 19.9. The summed E-state index contributed by atoms with van der Waals surface area (Å²) in [6, 6.07) is 18.6. The minimum absolute atomic E-state index is 0.